The Bertz CT molecular complexity index is 1260. The third-order valence-corrected chi connectivity index (χ3v) is 5.05. The Hall–Kier alpha value is -3.92. The molecule has 0 amide bonds. The van der Waals surface area contributed by atoms with Gasteiger partial charge in [0.25, 0.3) is 0 Å². The molecule has 0 bridgehead atoms. The Kier molecular flexibility index (Phi) is 4.30. The average molecular weight is 377 g/mol. The molecule has 0 N–H and O–H groups in total. The molecular weight excluding hydrogens is 358 g/mol. The zero-order chi connectivity index (χ0) is 19.6. The minimum Gasteiger partial charge on any atom is -0.494 e. The van der Waals surface area contributed by atoms with Crippen molar-refractivity contribution in [2.24, 2.45) is 0 Å². The summed E-state index contributed by atoms with van der Waals surface area (Å²) in [5.41, 5.74) is 5.92. The highest BCUT2D eigenvalue weighted by molar-refractivity contribution is 5.98. The zero-order valence-electron chi connectivity index (χ0n) is 16.0. The molecule has 0 radical (unpaired) electrons. The number of aromatic nitrogens is 3. The molecule has 3 aromatic carbocycles. The molecule has 0 aliphatic carbocycles. The Balaban J connectivity index is 1.85. The van der Waals surface area contributed by atoms with E-state index in [2.05, 4.69) is 47.4 Å². The number of rotatable bonds is 4. The Labute approximate surface area is 169 Å². The summed E-state index contributed by atoms with van der Waals surface area (Å²) in [6.45, 7) is 0. The number of benzene rings is 3. The highest BCUT2D eigenvalue weighted by Gasteiger charge is 2.16. The second-order valence-corrected chi connectivity index (χ2v) is 6.77. The van der Waals surface area contributed by atoms with Gasteiger partial charge >= 0.3 is 0 Å². The molecule has 0 unspecified atom stereocenters. The van der Waals surface area contributed by atoms with Gasteiger partial charge in [-0.15, -0.1) is 0 Å². The average Bonchev–Trinajstić information content (AvgIpc) is 3.33. The summed E-state index contributed by atoms with van der Waals surface area (Å²) in [5, 5.41) is 1.01. The molecule has 5 aromatic rings. The van der Waals surface area contributed by atoms with Crippen LogP contribution in [0, 0.1) is 0 Å². The lowest BCUT2D eigenvalue weighted by Crippen LogP contribution is -1.99. The van der Waals surface area contributed by atoms with Crippen molar-refractivity contribution in [2.75, 3.05) is 7.11 Å². The summed E-state index contributed by atoms with van der Waals surface area (Å²) in [5.74, 6) is 0.771. The lowest BCUT2D eigenvalue weighted by atomic mass is 10.00. The van der Waals surface area contributed by atoms with Crippen LogP contribution >= 0.6 is 0 Å². The summed E-state index contributed by atoms with van der Waals surface area (Å²) in [4.78, 5) is 9.24. The molecule has 4 heteroatoms. The van der Waals surface area contributed by atoms with Crippen molar-refractivity contribution in [1.29, 1.82) is 0 Å². The first-order valence-corrected chi connectivity index (χ1v) is 9.46. The maximum Gasteiger partial charge on any atom is 0.152 e. The Morgan fingerprint density at radius 3 is 2.21 bits per heavy atom. The van der Waals surface area contributed by atoms with Crippen molar-refractivity contribution in [3.63, 3.8) is 0 Å². The third-order valence-electron chi connectivity index (χ3n) is 5.05. The van der Waals surface area contributed by atoms with E-state index >= 15 is 0 Å². The molecule has 29 heavy (non-hydrogen) atoms. The van der Waals surface area contributed by atoms with Crippen molar-refractivity contribution < 1.29 is 4.74 Å². The fourth-order valence-electron chi connectivity index (χ4n) is 3.67. The topological polar surface area (TPSA) is 39.9 Å². The molecule has 2 aromatic heterocycles. The van der Waals surface area contributed by atoms with Gasteiger partial charge in [-0.2, -0.15) is 0 Å². The quantitative estimate of drug-likeness (QED) is 0.400. The van der Waals surface area contributed by atoms with Gasteiger partial charge in [0.15, 0.2) is 5.75 Å². The molecule has 0 saturated heterocycles. The van der Waals surface area contributed by atoms with Crippen LogP contribution in [0.15, 0.2) is 97.6 Å². The highest BCUT2D eigenvalue weighted by Crippen LogP contribution is 2.39. The van der Waals surface area contributed by atoms with E-state index in [4.69, 9.17) is 9.72 Å². The number of methoxy groups -OCH3 is 1. The summed E-state index contributed by atoms with van der Waals surface area (Å²) in [7, 11) is 1.70. The van der Waals surface area contributed by atoms with Crippen LogP contribution in [0.5, 0.6) is 5.75 Å². The maximum atomic E-state index is 5.89. The first kappa shape index (κ1) is 17.2. The predicted octanol–water partition coefficient (Wildman–Crippen LogP) is 5.76. The third kappa shape index (κ3) is 3.05. The van der Waals surface area contributed by atoms with Crippen molar-refractivity contribution in [3.8, 4) is 33.8 Å². The van der Waals surface area contributed by atoms with Gasteiger partial charge in [0.2, 0.25) is 0 Å². The SMILES string of the molecule is COc1c(-c2ccccc2)ccc2c(-n3ccnc3)cc(-c3ccccc3)nc12. The van der Waals surface area contributed by atoms with E-state index in [1.807, 2.05) is 47.2 Å². The second kappa shape index (κ2) is 7.24. The van der Waals surface area contributed by atoms with E-state index in [0.717, 1.165) is 44.7 Å². The maximum absolute atomic E-state index is 5.89. The Morgan fingerprint density at radius 1 is 0.828 bits per heavy atom. The van der Waals surface area contributed by atoms with E-state index in [0.29, 0.717) is 0 Å². The highest BCUT2D eigenvalue weighted by atomic mass is 16.5. The molecule has 4 nitrogen and oxygen atoms in total. The standard InChI is InChI=1S/C25H19N3O/c1-29-25-20(18-8-4-2-5-9-18)12-13-21-23(28-15-14-26-17-28)16-22(27-24(21)25)19-10-6-3-7-11-19/h2-17H,1H3. The fourth-order valence-corrected chi connectivity index (χ4v) is 3.67. The minimum absolute atomic E-state index is 0.771. The van der Waals surface area contributed by atoms with E-state index in [1.165, 1.54) is 0 Å². The van der Waals surface area contributed by atoms with Gasteiger partial charge < -0.3 is 9.30 Å². The summed E-state index contributed by atoms with van der Waals surface area (Å²) < 4.78 is 7.90. The van der Waals surface area contributed by atoms with Crippen LogP contribution in [0.25, 0.3) is 39.0 Å². The van der Waals surface area contributed by atoms with Crippen molar-refractivity contribution in [1.82, 2.24) is 14.5 Å². The van der Waals surface area contributed by atoms with E-state index in [1.54, 1.807) is 19.6 Å². The van der Waals surface area contributed by atoms with Crippen LogP contribution in [-0.4, -0.2) is 21.6 Å². The molecule has 2 heterocycles. The molecule has 0 fully saturated rings. The normalized spacial score (nSPS) is 10.9. The molecule has 0 spiro atoms. The number of fused-ring (bicyclic) bond motifs is 1. The largest absolute Gasteiger partial charge is 0.494 e. The van der Waals surface area contributed by atoms with Crippen LogP contribution in [0.4, 0.5) is 0 Å². The molecular formula is C25H19N3O. The zero-order valence-corrected chi connectivity index (χ0v) is 16.0. The first-order chi connectivity index (χ1) is 14.3. The van der Waals surface area contributed by atoms with Gasteiger partial charge in [-0.1, -0.05) is 60.7 Å². The Morgan fingerprint density at radius 2 is 1.55 bits per heavy atom. The minimum atomic E-state index is 0.771. The van der Waals surface area contributed by atoms with Crippen LogP contribution in [0.3, 0.4) is 0 Å². The molecule has 0 atom stereocenters. The number of ether oxygens (including phenoxy) is 1. The second-order valence-electron chi connectivity index (χ2n) is 6.77. The van der Waals surface area contributed by atoms with Crippen molar-refractivity contribution >= 4 is 10.9 Å². The van der Waals surface area contributed by atoms with Gasteiger partial charge in [-0.25, -0.2) is 9.97 Å². The molecule has 140 valence electrons. The predicted molar refractivity (Wildman–Crippen MR) is 116 cm³/mol. The van der Waals surface area contributed by atoms with Gasteiger partial charge in [-0.05, 0) is 23.8 Å². The lowest BCUT2D eigenvalue weighted by Gasteiger charge is -2.16. The fraction of sp³-hybridized carbons (Fsp3) is 0.0400. The van der Waals surface area contributed by atoms with Crippen LogP contribution in [0.2, 0.25) is 0 Å². The van der Waals surface area contributed by atoms with Gasteiger partial charge in [-0.3, -0.25) is 0 Å². The van der Waals surface area contributed by atoms with Crippen LogP contribution in [0.1, 0.15) is 0 Å². The molecule has 0 saturated carbocycles. The molecule has 5 rings (SSSR count). The summed E-state index contributed by atoms with van der Waals surface area (Å²) >= 11 is 0. The van der Waals surface area contributed by atoms with E-state index in [9.17, 15) is 0 Å². The van der Waals surface area contributed by atoms with Gasteiger partial charge in [0.05, 0.1) is 24.8 Å². The number of nitrogens with zero attached hydrogens (tertiary/aromatic N) is 3. The summed E-state index contributed by atoms with van der Waals surface area (Å²) in [6.07, 6.45) is 5.53. The van der Waals surface area contributed by atoms with Crippen LogP contribution in [-0.2, 0) is 0 Å². The monoisotopic (exact) mass is 377 g/mol. The van der Waals surface area contributed by atoms with Gasteiger partial charge in [0.1, 0.15) is 5.52 Å². The van der Waals surface area contributed by atoms with E-state index in [-0.39, 0.29) is 0 Å². The van der Waals surface area contributed by atoms with Crippen molar-refractivity contribution in [3.05, 3.63) is 97.6 Å². The van der Waals surface area contributed by atoms with Gasteiger partial charge in [0, 0.05) is 28.9 Å². The number of imidazole rings is 1. The molecule has 0 aliphatic heterocycles. The number of hydrogen-bond donors (Lipinski definition) is 0. The van der Waals surface area contributed by atoms with Crippen molar-refractivity contribution in [2.45, 2.75) is 0 Å². The molecule has 0 aliphatic rings. The number of hydrogen-bond acceptors (Lipinski definition) is 3. The van der Waals surface area contributed by atoms with Crippen LogP contribution < -0.4 is 4.74 Å². The lowest BCUT2D eigenvalue weighted by molar-refractivity contribution is 0.420. The first-order valence-electron chi connectivity index (χ1n) is 9.46. The number of pyridine rings is 1. The smallest absolute Gasteiger partial charge is 0.152 e. The van der Waals surface area contributed by atoms with E-state index < -0.39 is 0 Å². The summed E-state index contributed by atoms with van der Waals surface area (Å²) in [6, 6.07) is 26.7.